The summed E-state index contributed by atoms with van der Waals surface area (Å²) in [7, 11) is 0. The first-order valence-electron chi connectivity index (χ1n) is 17.1. The maximum absolute atomic E-state index is 12.7. The Kier molecular flexibility index (Phi) is 18.5. The van der Waals surface area contributed by atoms with Crippen molar-refractivity contribution in [3.05, 3.63) is 29.8 Å². The number of carboxylic acid groups (broad SMARTS) is 1. The summed E-state index contributed by atoms with van der Waals surface area (Å²) in [5.41, 5.74) is 1.25. The third kappa shape index (κ3) is 14.5. The van der Waals surface area contributed by atoms with Gasteiger partial charge in [0.05, 0.1) is 12.5 Å². The summed E-state index contributed by atoms with van der Waals surface area (Å²) < 4.78 is 11.1. The van der Waals surface area contributed by atoms with E-state index in [-0.39, 0.29) is 24.0 Å². The molecule has 244 valence electrons. The van der Waals surface area contributed by atoms with Crippen LogP contribution in [-0.4, -0.2) is 65.3 Å². The summed E-state index contributed by atoms with van der Waals surface area (Å²) in [6, 6.07) is 7.63. The van der Waals surface area contributed by atoms with E-state index in [0.29, 0.717) is 44.8 Å². The molecule has 8 nitrogen and oxygen atoms in total. The third-order valence-corrected chi connectivity index (χ3v) is 8.63. The van der Waals surface area contributed by atoms with Gasteiger partial charge in [-0.25, -0.2) is 9.59 Å². The number of esters is 1. The Hall–Kier alpha value is -2.77. The number of amides is 2. The van der Waals surface area contributed by atoms with Crippen molar-refractivity contribution >= 4 is 18.2 Å². The van der Waals surface area contributed by atoms with Gasteiger partial charge in [-0.15, -0.1) is 0 Å². The first-order valence-corrected chi connectivity index (χ1v) is 17.1. The molecule has 2 amide bonds. The summed E-state index contributed by atoms with van der Waals surface area (Å²) in [6.07, 6.45) is 15.6. The summed E-state index contributed by atoms with van der Waals surface area (Å²) >= 11 is 0. The van der Waals surface area contributed by atoms with Crippen LogP contribution in [0.4, 0.5) is 9.59 Å². The third-order valence-electron chi connectivity index (χ3n) is 8.63. The first-order chi connectivity index (χ1) is 20.9. The fourth-order valence-corrected chi connectivity index (χ4v) is 5.77. The van der Waals surface area contributed by atoms with Crippen LogP contribution in [0.2, 0.25) is 0 Å². The predicted octanol–water partition coefficient (Wildman–Crippen LogP) is 8.85. The number of rotatable bonds is 21. The van der Waals surface area contributed by atoms with E-state index >= 15 is 0 Å². The number of likely N-dealkylation sites (tertiary alicyclic amines) is 1. The summed E-state index contributed by atoms with van der Waals surface area (Å²) in [4.78, 5) is 40.3. The van der Waals surface area contributed by atoms with E-state index in [2.05, 4.69) is 20.8 Å². The molecule has 0 aromatic heterocycles. The van der Waals surface area contributed by atoms with Crippen molar-refractivity contribution in [3.8, 4) is 5.75 Å². The van der Waals surface area contributed by atoms with E-state index in [0.717, 1.165) is 57.8 Å². The molecule has 1 fully saturated rings. The molecule has 0 spiro atoms. The SMILES string of the molecule is CCCCCCCC(CC)C(=O)OCCCCCCN(C(=O)O)C1CCN(C(=O)Oc2ccc(CCCCC)cc2)CC1. The van der Waals surface area contributed by atoms with Gasteiger partial charge in [-0.2, -0.15) is 0 Å². The molecule has 1 aromatic rings. The first kappa shape index (κ1) is 36.4. The molecular weight excluding hydrogens is 544 g/mol. The predicted molar refractivity (Wildman–Crippen MR) is 172 cm³/mol. The molecule has 1 saturated heterocycles. The molecule has 1 aliphatic rings. The summed E-state index contributed by atoms with van der Waals surface area (Å²) in [5.74, 6) is 0.475. The van der Waals surface area contributed by atoms with Crippen molar-refractivity contribution in [2.75, 3.05) is 26.2 Å². The van der Waals surface area contributed by atoms with Gasteiger partial charge < -0.3 is 24.4 Å². The maximum Gasteiger partial charge on any atom is 0.415 e. The van der Waals surface area contributed by atoms with Gasteiger partial charge in [-0.1, -0.05) is 84.3 Å². The summed E-state index contributed by atoms with van der Waals surface area (Å²) in [6.45, 7) is 8.31. The number of hydrogen-bond acceptors (Lipinski definition) is 5. The second-order valence-electron chi connectivity index (χ2n) is 12.1. The van der Waals surface area contributed by atoms with Gasteiger partial charge in [-0.05, 0) is 75.5 Å². The number of carbonyl (C=O) groups excluding carboxylic acids is 2. The molecule has 0 aliphatic carbocycles. The number of aryl methyl sites for hydroxylation is 1. The zero-order valence-electron chi connectivity index (χ0n) is 27.2. The molecule has 1 atom stereocenters. The van der Waals surface area contributed by atoms with Crippen LogP contribution in [-0.2, 0) is 16.0 Å². The Bertz CT molecular complexity index is 913. The number of piperidine rings is 1. The molecule has 8 heteroatoms. The topological polar surface area (TPSA) is 96.4 Å². The molecule has 0 saturated carbocycles. The Morgan fingerprint density at radius 2 is 1.49 bits per heavy atom. The monoisotopic (exact) mass is 602 g/mol. The molecule has 1 heterocycles. The zero-order valence-corrected chi connectivity index (χ0v) is 27.2. The zero-order chi connectivity index (χ0) is 31.3. The standard InChI is InChI=1S/C35H58N2O6/c1-4-7-9-10-14-18-30(6-3)33(38)42-28-16-12-11-15-25-37(34(39)40)31-23-26-36(27-24-31)35(41)43-32-21-19-29(20-22-32)17-13-8-5-2/h19-22,30-31H,4-18,23-28H2,1-3H3,(H,39,40). The van der Waals surface area contributed by atoms with Gasteiger partial charge in [0.15, 0.2) is 0 Å². The molecule has 1 N–H and O–H groups in total. The minimum Gasteiger partial charge on any atom is -0.465 e. The van der Waals surface area contributed by atoms with Crippen LogP contribution in [0.15, 0.2) is 24.3 Å². The molecule has 0 bridgehead atoms. The second kappa shape index (κ2) is 21.8. The van der Waals surface area contributed by atoms with E-state index in [1.165, 1.54) is 49.0 Å². The lowest BCUT2D eigenvalue weighted by molar-refractivity contribution is -0.149. The quantitative estimate of drug-likeness (QED) is 0.112. The van der Waals surface area contributed by atoms with Gasteiger partial charge in [0.25, 0.3) is 0 Å². The van der Waals surface area contributed by atoms with Gasteiger partial charge in [-0.3, -0.25) is 4.79 Å². The van der Waals surface area contributed by atoms with E-state index in [1.807, 2.05) is 24.3 Å². The van der Waals surface area contributed by atoms with Crippen LogP contribution in [0, 0.1) is 5.92 Å². The minimum atomic E-state index is -0.908. The number of benzene rings is 1. The van der Waals surface area contributed by atoms with Crippen LogP contribution in [0.5, 0.6) is 5.75 Å². The van der Waals surface area contributed by atoms with Gasteiger partial charge in [0.1, 0.15) is 5.75 Å². The number of unbranched alkanes of at least 4 members (excludes halogenated alkanes) is 9. The second-order valence-corrected chi connectivity index (χ2v) is 12.1. The largest absolute Gasteiger partial charge is 0.465 e. The molecule has 1 aliphatic heterocycles. The van der Waals surface area contributed by atoms with Crippen LogP contribution in [0.25, 0.3) is 0 Å². The normalized spacial score (nSPS) is 14.3. The number of nitrogens with zero attached hydrogens (tertiary/aromatic N) is 2. The van der Waals surface area contributed by atoms with Crippen molar-refractivity contribution in [1.82, 2.24) is 9.80 Å². The fourth-order valence-electron chi connectivity index (χ4n) is 5.77. The van der Waals surface area contributed by atoms with Crippen LogP contribution >= 0.6 is 0 Å². The van der Waals surface area contributed by atoms with E-state index in [9.17, 15) is 19.5 Å². The van der Waals surface area contributed by atoms with Crippen molar-refractivity contribution in [2.24, 2.45) is 5.92 Å². The summed E-state index contributed by atoms with van der Waals surface area (Å²) in [5, 5.41) is 9.83. The van der Waals surface area contributed by atoms with Crippen molar-refractivity contribution in [2.45, 2.75) is 136 Å². The molecule has 0 radical (unpaired) electrons. The van der Waals surface area contributed by atoms with Gasteiger partial charge >= 0.3 is 18.2 Å². The van der Waals surface area contributed by atoms with Gasteiger partial charge in [0.2, 0.25) is 0 Å². The number of ether oxygens (including phenoxy) is 2. The number of hydrogen-bond donors (Lipinski definition) is 1. The Labute approximate surface area is 260 Å². The Morgan fingerprint density at radius 1 is 0.860 bits per heavy atom. The van der Waals surface area contributed by atoms with E-state index < -0.39 is 6.09 Å². The lowest BCUT2D eigenvalue weighted by Gasteiger charge is -2.36. The Balaban J connectivity index is 1.62. The lowest BCUT2D eigenvalue weighted by Crippen LogP contribution is -2.49. The lowest BCUT2D eigenvalue weighted by atomic mass is 9.98. The molecule has 43 heavy (non-hydrogen) atoms. The van der Waals surface area contributed by atoms with Crippen molar-refractivity contribution < 1.29 is 29.0 Å². The minimum absolute atomic E-state index is 0.00526. The van der Waals surface area contributed by atoms with E-state index in [1.54, 1.807) is 4.90 Å². The van der Waals surface area contributed by atoms with Crippen molar-refractivity contribution in [3.63, 3.8) is 0 Å². The number of carbonyl (C=O) groups is 3. The van der Waals surface area contributed by atoms with Crippen LogP contribution < -0.4 is 4.74 Å². The van der Waals surface area contributed by atoms with Gasteiger partial charge in [0, 0.05) is 25.7 Å². The smallest absolute Gasteiger partial charge is 0.415 e. The molecule has 1 aromatic carbocycles. The van der Waals surface area contributed by atoms with Crippen LogP contribution in [0.1, 0.15) is 129 Å². The fraction of sp³-hybridized carbons (Fsp3) is 0.743. The highest BCUT2D eigenvalue weighted by atomic mass is 16.6. The molecular formula is C35H58N2O6. The molecule has 2 rings (SSSR count). The van der Waals surface area contributed by atoms with Crippen LogP contribution in [0.3, 0.4) is 0 Å². The average molecular weight is 603 g/mol. The highest BCUT2D eigenvalue weighted by molar-refractivity contribution is 5.72. The maximum atomic E-state index is 12.7. The highest BCUT2D eigenvalue weighted by Crippen LogP contribution is 2.21. The van der Waals surface area contributed by atoms with Crippen molar-refractivity contribution in [1.29, 1.82) is 0 Å². The van der Waals surface area contributed by atoms with E-state index in [4.69, 9.17) is 9.47 Å². The average Bonchev–Trinajstić information content (AvgIpc) is 3.01. The highest BCUT2D eigenvalue weighted by Gasteiger charge is 2.30. The molecule has 1 unspecified atom stereocenters. The Morgan fingerprint density at radius 3 is 2.14 bits per heavy atom.